The molecule has 31 heavy (non-hydrogen) atoms. The summed E-state index contributed by atoms with van der Waals surface area (Å²) >= 11 is 6.35. The predicted molar refractivity (Wildman–Crippen MR) is 117 cm³/mol. The van der Waals surface area contributed by atoms with Crippen LogP contribution in [-0.2, 0) is 0 Å². The van der Waals surface area contributed by atoms with Gasteiger partial charge in [-0.1, -0.05) is 41.9 Å². The average molecular weight is 436 g/mol. The second-order valence-electron chi connectivity index (χ2n) is 7.36. The van der Waals surface area contributed by atoms with Crippen LogP contribution in [0.5, 0.6) is 11.5 Å². The Kier molecular flexibility index (Phi) is 4.75. The van der Waals surface area contributed by atoms with Gasteiger partial charge in [0, 0.05) is 40.8 Å². The third-order valence-corrected chi connectivity index (χ3v) is 5.75. The van der Waals surface area contributed by atoms with Crippen LogP contribution in [0.3, 0.4) is 0 Å². The minimum Gasteiger partial charge on any atom is -0.493 e. The summed E-state index contributed by atoms with van der Waals surface area (Å²) in [7, 11) is 1.57. The number of halogens is 1. The highest BCUT2D eigenvalue weighted by molar-refractivity contribution is 6.30. The minimum atomic E-state index is -0.561. The van der Waals surface area contributed by atoms with Crippen LogP contribution >= 0.6 is 11.6 Å². The molecular weight excluding hydrogens is 418 g/mol. The van der Waals surface area contributed by atoms with Crippen molar-refractivity contribution in [2.75, 3.05) is 7.11 Å². The molecule has 2 aliphatic rings. The molecule has 0 spiro atoms. The van der Waals surface area contributed by atoms with Crippen LogP contribution in [0.25, 0.3) is 0 Å². The molecule has 0 N–H and O–H groups in total. The quantitative estimate of drug-likeness (QED) is 0.399. The Balaban J connectivity index is 1.62. The van der Waals surface area contributed by atoms with Gasteiger partial charge in [-0.25, -0.2) is 5.01 Å². The lowest BCUT2D eigenvalue weighted by Gasteiger charge is -2.38. The summed E-state index contributed by atoms with van der Waals surface area (Å²) < 4.78 is 11.9. The number of hydrogen-bond acceptors (Lipinski definition) is 6. The Labute approximate surface area is 183 Å². The molecule has 0 saturated heterocycles. The highest BCUT2D eigenvalue weighted by atomic mass is 35.5. The van der Waals surface area contributed by atoms with Gasteiger partial charge in [0.25, 0.3) is 5.69 Å². The second-order valence-corrected chi connectivity index (χ2v) is 7.79. The van der Waals surface area contributed by atoms with Gasteiger partial charge in [-0.3, -0.25) is 10.1 Å². The van der Waals surface area contributed by atoms with E-state index in [-0.39, 0.29) is 11.7 Å². The third kappa shape index (κ3) is 3.37. The third-order valence-electron chi connectivity index (χ3n) is 5.54. The van der Waals surface area contributed by atoms with Crippen LogP contribution in [0.1, 0.15) is 35.4 Å². The number of nitrogens with zero attached hydrogens (tertiary/aromatic N) is 3. The summed E-state index contributed by atoms with van der Waals surface area (Å²) in [6, 6.07) is 19.8. The summed E-state index contributed by atoms with van der Waals surface area (Å²) in [5.74, 6) is 1.16. The van der Waals surface area contributed by atoms with Crippen LogP contribution in [0, 0.1) is 10.1 Å². The van der Waals surface area contributed by atoms with Gasteiger partial charge >= 0.3 is 0 Å². The Morgan fingerprint density at radius 3 is 2.58 bits per heavy atom. The Morgan fingerprint density at radius 1 is 1.16 bits per heavy atom. The highest BCUT2D eigenvalue weighted by Gasteiger charge is 2.42. The van der Waals surface area contributed by atoms with E-state index < -0.39 is 11.2 Å². The van der Waals surface area contributed by atoms with Crippen molar-refractivity contribution < 1.29 is 14.4 Å². The molecule has 0 amide bonds. The van der Waals surface area contributed by atoms with E-state index in [4.69, 9.17) is 26.2 Å². The van der Waals surface area contributed by atoms with Gasteiger partial charge in [0.15, 0.2) is 11.5 Å². The molecule has 5 rings (SSSR count). The van der Waals surface area contributed by atoms with E-state index >= 15 is 0 Å². The molecule has 156 valence electrons. The molecule has 3 aromatic carbocycles. The van der Waals surface area contributed by atoms with E-state index in [2.05, 4.69) is 0 Å². The highest BCUT2D eigenvalue weighted by Crippen LogP contribution is 2.51. The smallest absolute Gasteiger partial charge is 0.269 e. The van der Waals surface area contributed by atoms with Gasteiger partial charge in [0.1, 0.15) is 0 Å². The molecule has 0 saturated carbocycles. The summed E-state index contributed by atoms with van der Waals surface area (Å²) in [5.41, 5.74) is 3.66. The fourth-order valence-corrected chi connectivity index (χ4v) is 4.28. The molecule has 8 heteroatoms. The van der Waals surface area contributed by atoms with Gasteiger partial charge in [0.2, 0.25) is 6.23 Å². The maximum atomic E-state index is 11.1. The number of methoxy groups -OCH3 is 1. The van der Waals surface area contributed by atoms with Crippen molar-refractivity contribution in [2.24, 2.45) is 5.10 Å². The molecule has 0 unspecified atom stereocenters. The standard InChI is InChI=1S/C23H18ClN3O4/c1-30-21-12-16(24)11-18-20-13-19(14-5-3-2-4-6-14)25-26(20)23(31-22(18)21)15-7-9-17(10-8-15)27(28)29/h2-12,20,23H,13H2,1H3/t20-,23-/m1/s1. The zero-order valence-corrected chi connectivity index (χ0v) is 17.3. The number of fused-ring (bicyclic) bond motifs is 3. The Bertz CT molecular complexity index is 1180. The maximum absolute atomic E-state index is 11.1. The normalized spacial score (nSPS) is 19.2. The fourth-order valence-electron chi connectivity index (χ4n) is 4.06. The number of benzene rings is 3. The molecule has 0 aliphatic carbocycles. The van der Waals surface area contributed by atoms with E-state index in [1.165, 1.54) is 12.1 Å². The van der Waals surface area contributed by atoms with Crippen molar-refractivity contribution in [1.29, 1.82) is 0 Å². The van der Waals surface area contributed by atoms with Gasteiger partial charge in [-0.15, -0.1) is 0 Å². The number of hydrogen-bond donors (Lipinski definition) is 0. The molecule has 3 aromatic rings. The van der Waals surface area contributed by atoms with Crippen molar-refractivity contribution in [1.82, 2.24) is 5.01 Å². The van der Waals surface area contributed by atoms with Crippen molar-refractivity contribution in [3.8, 4) is 11.5 Å². The Hall–Kier alpha value is -3.58. The number of nitro groups is 1. The first-order chi connectivity index (χ1) is 15.0. The molecule has 2 aliphatic heterocycles. The first-order valence-electron chi connectivity index (χ1n) is 9.75. The average Bonchev–Trinajstić information content (AvgIpc) is 3.24. The van der Waals surface area contributed by atoms with Crippen LogP contribution in [0.4, 0.5) is 5.69 Å². The van der Waals surface area contributed by atoms with Crippen LogP contribution in [-0.4, -0.2) is 22.8 Å². The molecule has 2 atom stereocenters. The fraction of sp³-hybridized carbons (Fsp3) is 0.174. The largest absolute Gasteiger partial charge is 0.493 e. The van der Waals surface area contributed by atoms with Crippen molar-refractivity contribution in [2.45, 2.75) is 18.7 Å². The van der Waals surface area contributed by atoms with Crippen molar-refractivity contribution in [3.63, 3.8) is 0 Å². The van der Waals surface area contributed by atoms with Crippen LogP contribution < -0.4 is 9.47 Å². The van der Waals surface area contributed by atoms with Crippen LogP contribution in [0.2, 0.25) is 5.02 Å². The van der Waals surface area contributed by atoms with E-state index in [0.29, 0.717) is 22.9 Å². The lowest BCUT2D eigenvalue weighted by Crippen LogP contribution is -2.33. The second kappa shape index (κ2) is 7.59. The molecule has 0 radical (unpaired) electrons. The number of non-ortho nitro benzene ring substituents is 1. The molecule has 7 nitrogen and oxygen atoms in total. The van der Waals surface area contributed by atoms with Gasteiger partial charge in [0.05, 0.1) is 23.8 Å². The van der Waals surface area contributed by atoms with Crippen LogP contribution in [0.15, 0.2) is 71.8 Å². The molecule has 0 aromatic heterocycles. The Morgan fingerprint density at radius 2 is 1.90 bits per heavy atom. The monoisotopic (exact) mass is 435 g/mol. The predicted octanol–water partition coefficient (Wildman–Crippen LogP) is 5.50. The molecular formula is C23H18ClN3O4. The van der Waals surface area contributed by atoms with Crippen molar-refractivity contribution >= 4 is 23.0 Å². The molecule has 0 fully saturated rings. The molecule has 0 bridgehead atoms. The maximum Gasteiger partial charge on any atom is 0.269 e. The van der Waals surface area contributed by atoms with Gasteiger partial charge < -0.3 is 9.47 Å². The zero-order valence-electron chi connectivity index (χ0n) is 16.6. The van der Waals surface area contributed by atoms with Gasteiger partial charge in [-0.05, 0) is 23.8 Å². The lowest BCUT2D eigenvalue weighted by atomic mass is 9.95. The van der Waals surface area contributed by atoms with E-state index in [1.54, 1.807) is 25.3 Å². The summed E-state index contributed by atoms with van der Waals surface area (Å²) in [5, 5.41) is 18.4. The lowest BCUT2D eigenvalue weighted by molar-refractivity contribution is -0.384. The first-order valence-corrected chi connectivity index (χ1v) is 10.1. The number of rotatable bonds is 4. The van der Waals surface area contributed by atoms with Gasteiger partial charge in [-0.2, -0.15) is 5.10 Å². The number of ether oxygens (including phenoxy) is 2. The van der Waals surface area contributed by atoms with E-state index in [0.717, 1.165) is 22.4 Å². The van der Waals surface area contributed by atoms with Crippen molar-refractivity contribution in [3.05, 3.63) is 98.6 Å². The van der Waals surface area contributed by atoms with E-state index in [1.807, 2.05) is 41.4 Å². The summed E-state index contributed by atoms with van der Waals surface area (Å²) in [6.45, 7) is 0. The van der Waals surface area contributed by atoms with E-state index in [9.17, 15) is 10.1 Å². The number of hydrazone groups is 1. The topological polar surface area (TPSA) is 77.2 Å². The molecule has 2 heterocycles. The first kappa shape index (κ1) is 19.4. The minimum absolute atomic E-state index is 0.0239. The zero-order chi connectivity index (χ0) is 21.5. The number of nitro benzene ring substituents is 1. The summed E-state index contributed by atoms with van der Waals surface area (Å²) in [6.07, 6.45) is 0.113. The summed E-state index contributed by atoms with van der Waals surface area (Å²) in [4.78, 5) is 10.6. The SMILES string of the molecule is COc1cc(Cl)cc2c1O[C@H](c1ccc([N+](=O)[O-])cc1)N1N=C(c3ccccc3)C[C@H]21.